The SMILES string of the molecule is CC.CCOC(=O)c1c(Nc2ccc(C)cc2F)c2cnccc2n1Cc1cccc(C(=O)N(C)C)c1. The number of aromatic nitrogens is 2. The van der Waals surface area contributed by atoms with Crippen molar-refractivity contribution in [3.05, 3.63) is 89.1 Å². The van der Waals surface area contributed by atoms with Crippen LogP contribution in [0.15, 0.2) is 60.9 Å². The van der Waals surface area contributed by atoms with E-state index in [2.05, 4.69) is 10.3 Å². The van der Waals surface area contributed by atoms with Crippen molar-refractivity contribution in [1.29, 1.82) is 0 Å². The lowest BCUT2D eigenvalue weighted by atomic mass is 10.1. The number of pyridine rings is 1. The summed E-state index contributed by atoms with van der Waals surface area (Å²) in [6.07, 6.45) is 3.27. The van der Waals surface area contributed by atoms with Crippen LogP contribution in [0.5, 0.6) is 0 Å². The number of nitrogens with zero attached hydrogens (tertiary/aromatic N) is 3. The molecule has 0 aliphatic carbocycles. The third kappa shape index (κ3) is 5.97. The van der Waals surface area contributed by atoms with Crippen molar-refractivity contribution in [3.8, 4) is 0 Å². The van der Waals surface area contributed by atoms with E-state index in [1.165, 1.54) is 11.0 Å². The second kappa shape index (κ2) is 12.2. The molecule has 0 spiro atoms. The predicted molar refractivity (Wildman–Crippen MR) is 145 cm³/mol. The minimum absolute atomic E-state index is 0.115. The number of esters is 1. The molecule has 0 radical (unpaired) electrons. The second-order valence-electron chi connectivity index (χ2n) is 8.43. The number of hydrogen-bond acceptors (Lipinski definition) is 5. The fraction of sp³-hybridized carbons (Fsp3) is 0.276. The summed E-state index contributed by atoms with van der Waals surface area (Å²) in [5.41, 5.74) is 3.78. The van der Waals surface area contributed by atoms with E-state index < -0.39 is 11.8 Å². The number of rotatable bonds is 7. The van der Waals surface area contributed by atoms with Crippen LogP contribution >= 0.6 is 0 Å². The second-order valence-corrected chi connectivity index (χ2v) is 8.43. The minimum Gasteiger partial charge on any atom is -0.461 e. The van der Waals surface area contributed by atoms with E-state index >= 15 is 0 Å². The molecule has 0 aliphatic heterocycles. The van der Waals surface area contributed by atoms with Crippen LogP contribution in [0.4, 0.5) is 15.8 Å². The Labute approximate surface area is 216 Å². The molecule has 2 aromatic carbocycles. The topological polar surface area (TPSA) is 76.5 Å². The maximum atomic E-state index is 14.7. The third-order valence-corrected chi connectivity index (χ3v) is 5.64. The molecule has 0 saturated heterocycles. The molecule has 37 heavy (non-hydrogen) atoms. The van der Waals surface area contributed by atoms with Crippen molar-refractivity contribution in [1.82, 2.24) is 14.5 Å². The first-order valence-electron chi connectivity index (χ1n) is 12.3. The molecular formula is C29H33FN4O3. The van der Waals surface area contributed by atoms with Gasteiger partial charge in [-0.2, -0.15) is 0 Å². The number of carbonyl (C=O) groups is 2. The fourth-order valence-electron chi connectivity index (χ4n) is 4.00. The van der Waals surface area contributed by atoms with Gasteiger partial charge in [-0.15, -0.1) is 0 Å². The van der Waals surface area contributed by atoms with Gasteiger partial charge in [-0.25, -0.2) is 9.18 Å². The van der Waals surface area contributed by atoms with Gasteiger partial charge in [-0.05, 0) is 55.3 Å². The Morgan fingerprint density at radius 3 is 2.54 bits per heavy atom. The van der Waals surface area contributed by atoms with Crippen molar-refractivity contribution in [2.24, 2.45) is 0 Å². The molecule has 0 saturated carbocycles. The monoisotopic (exact) mass is 504 g/mol. The van der Waals surface area contributed by atoms with Crippen LogP contribution in [0.2, 0.25) is 0 Å². The molecule has 8 heteroatoms. The van der Waals surface area contributed by atoms with Crippen molar-refractivity contribution in [2.45, 2.75) is 34.2 Å². The van der Waals surface area contributed by atoms with E-state index in [-0.39, 0.29) is 23.9 Å². The fourth-order valence-corrected chi connectivity index (χ4v) is 4.00. The summed E-state index contributed by atoms with van der Waals surface area (Å²) < 4.78 is 21.9. The van der Waals surface area contributed by atoms with Crippen LogP contribution in [0, 0.1) is 12.7 Å². The highest BCUT2D eigenvalue weighted by Crippen LogP contribution is 2.35. The normalized spacial score (nSPS) is 10.5. The number of halogens is 1. The van der Waals surface area contributed by atoms with Crippen molar-refractivity contribution in [2.75, 3.05) is 26.0 Å². The average molecular weight is 505 g/mol. The Balaban J connectivity index is 0.00000186. The molecule has 4 rings (SSSR count). The predicted octanol–water partition coefficient (Wildman–Crippen LogP) is 6.18. The Hall–Kier alpha value is -4.20. The first-order chi connectivity index (χ1) is 17.8. The van der Waals surface area contributed by atoms with Gasteiger partial charge in [0.25, 0.3) is 5.91 Å². The smallest absolute Gasteiger partial charge is 0.357 e. The summed E-state index contributed by atoms with van der Waals surface area (Å²) in [4.78, 5) is 31.4. The zero-order valence-corrected chi connectivity index (χ0v) is 22.1. The largest absolute Gasteiger partial charge is 0.461 e. The number of hydrogen-bond donors (Lipinski definition) is 1. The lowest BCUT2D eigenvalue weighted by molar-refractivity contribution is 0.0516. The highest BCUT2D eigenvalue weighted by atomic mass is 19.1. The number of ether oxygens (including phenoxy) is 1. The molecule has 1 N–H and O–H groups in total. The molecule has 4 aromatic rings. The Morgan fingerprint density at radius 1 is 1.11 bits per heavy atom. The Morgan fingerprint density at radius 2 is 1.86 bits per heavy atom. The van der Waals surface area contributed by atoms with E-state index in [0.29, 0.717) is 23.2 Å². The molecule has 0 fully saturated rings. The van der Waals surface area contributed by atoms with Gasteiger partial charge < -0.3 is 19.5 Å². The number of benzene rings is 2. The summed E-state index contributed by atoms with van der Waals surface area (Å²) in [6.45, 7) is 8.02. The molecule has 1 amide bonds. The van der Waals surface area contributed by atoms with Crippen LogP contribution < -0.4 is 5.32 Å². The van der Waals surface area contributed by atoms with Crippen LogP contribution in [0.1, 0.15) is 52.7 Å². The van der Waals surface area contributed by atoms with E-state index in [0.717, 1.165) is 16.6 Å². The van der Waals surface area contributed by atoms with Crippen molar-refractivity contribution >= 4 is 34.2 Å². The molecule has 7 nitrogen and oxygen atoms in total. The van der Waals surface area contributed by atoms with Gasteiger partial charge in [-0.1, -0.05) is 32.0 Å². The number of fused-ring (bicyclic) bond motifs is 1. The van der Waals surface area contributed by atoms with E-state index in [4.69, 9.17) is 4.74 Å². The zero-order valence-electron chi connectivity index (χ0n) is 22.1. The number of nitrogens with one attached hydrogen (secondary N) is 1. The van der Waals surface area contributed by atoms with Gasteiger partial charge >= 0.3 is 5.97 Å². The Bertz CT molecular complexity index is 1410. The minimum atomic E-state index is -0.542. The summed E-state index contributed by atoms with van der Waals surface area (Å²) in [6, 6.07) is 13.9. The van der Waals surface area contributed by atoms with Gasteiger partial charge in [0.15, 0.2) is 5.69 Å². The van der Waals surface area contributed by atoms with Gasteiger partial charge in [0.1, 0.15) is 5.82 Å². The number of carbonyl (C=O) groups excluding carboxylic acids is 2. The highest BCUT2D eigenvalue weighted by Gasteiger charge is 2.25. The number of amides is 1. The van der Waals surface area contributed by atoms with Crippen LogP contribution in [0.3, 0.4) is 0 Å². The maximum Gasteiger partial charge on any atom is 0.357 e. The molecule has 0 bridgehead atoms. The molecular weight excluding hydrogens is 471 g/mol. The van der Waals surface area contributed by atoms with Crippen molar-refractivity contribution in [3.63, 3.8) is 0 Å². The van der Waals surface area contributed by atoms with Gasteiger partial charge in [0, 0.05) is 44.0 Å². The average Bonchev–Trinajstić information content (AvgIpc) is 3.19. The summed E-state index contributed by atoms with van der Waals surface area (Å²) in [5, 5.41) is 3.75. The quantitative estimate of drug-likeness (QED) is 0.304. The molecule has 0 aliphatic rings. The summed E-state index contributed by atoms with van der Waals surface area (Å²) >= 11 is 0. The summed E-state index contributed by atoms with van der Waals surface area (Å²) in [7, 11) is 3.39. The molecule has 0 atom stereocenters. The third-order valence-electron chi connectivity index (χ3n) is 5.64. The lowest BCUT2D eigenvalue weighted by Gasteiger charge is -2.14. The number of aryl methyl sites for hydroxylation is 1. The highest BCUT2D eigenvalue weighted by molar-refractivity contribution is 6.07. The van der Waals surface area contributed by atoms with Crippen LogP contribution in [0.25, 0.3) is 10.9 Å². The lowest BCUT2D eigenvalue weighted by Crippen LogP contribution is -2.21. The summed E-state index contributed by atoms with van der Waals surface area (Å²) in [5.74, 6) is -1.09. The Kier molecular flexibility index (Phi) is 9.00. The zero-order chi connectivity index (χ0) is 27.1. The van der Waals surface area contributed by atoms with Crippen molar-refractivity contribution < 1.29 is 18.7 Å². The van der Waals surface area contributed by atoms with Gasteiger partial charge in [0.2, 0.25) is 0 Å². The molecule has 0 unspecified atom stereocenters. The van der Waals surface area contributed by atoms with E-state index in [1.54, 1.807) is 63.7 Å². The van der Waals surface area contributed by atoms with Crippen LogP contribution in [-0.2, 0) is 11.3 Å². The van der Waals surface area contributed by atoms with Crippen LogP contribution in [-0.4, -0.2) is 47.0 Å². The van der Waals surface area contributed by atoms with E-state index in [1.807, 2.05) is 37.5 Å². The van der Waals surface area contributed by atoms with E-state index in [9.17, 15) is 14.0 Å². The molecule has 2 heterocycles. The molecule has 2 aromatic heterocycles. The number of anilines is 2. The van der Waals surface area contributed by atoms with Gasteiger partial charge in [0.05, 0.1) is 23.5 Å². The maximum absolute atomic E-state index is 14.7. The first kappa shape index (κ1) is 27.4. The van der Waals surface area contributed by atoms with Gasteiger partial charge in [-0.3, -0.25) is 9.78 Å². The first-order valence-corrected chi connectivity index (χ1v) is 12.3. The standard InChI is InChI=1S/C27H27FN4O3.C2H6/c1-5-35-27(34)25-24(30-22-10-9-17(2)13-21(22)28)20-15-29-12-11-23(20)32(25)16-18-7-6-8-19(14-18)26(33)31(3)4;1-2/h6-15,30H,5,16H2,1-4H3;1-2H3. The molecule has 194 valence electrons.